The predicted octanol–water partition coefficient (Wildman–Crippen LogP) is 4.35. The van der Waals surface area contributed by atoms with Crippen LogP contribution >= 0.6 is 11.8 Å². The topological polar surface area (TPSA) is 77.6 Å². The average molecular weight is 423 g/mol. The number of thioether (sulfide) groups is 1. The van der Waals surface area contributed by atoms with Crippen LogP contribution in [0.25, 0.3) is 5.69 Å². The Hall–Kier alpha value is -2.87. The van der Waals surface area contributed by atoms with Gasteiger partial charge in [0, 0.05) is 18.5 Å². The standard InChI is InChI=1S/C22H26N6OS/c1-3-13-27-16(2)24-25-22(27)30-15-21(29)23-20-14-19(17-9-7-8-10-17)26-28(20)18-11-5-4-6-12-18/h3-6,11-12,14,17H,1,7-10,13,15H2,2H3,(H,23,29). The molecule has 4 rings (SSSR count). The van der Waals surface area contributed by atoms with Gasteiger partial charge in [-0.15, -0.1) is 16.8 Å². The number of amides is 1. The zero-order chi connectivity index (χ0) is 20.9. The fraction of sp³-hybridized carbons (Fsp3) is 0.364. The van der Waals surface area contributed by atoms with Gasteiger partial charge in [0.1, 0.15) is 11.6 Å². The van der Waals surface area contributed by atoms with Gasteiger partial charge in [-0.25, -0.2) is 4.68 Å². The molecule has 30 heavy (non-hydrogen) atoms. The first-order valence-corrected chi connectivity index (χ1v) is 11.2. The Morgan fingerprint density at radius 3 is 2.77 bits per heavy atom. The monoisotopic (exact) mass is 422 g/mol. The molecule has 0 radical (unpaired) electrons. The zero-order valence-corrected chi connectivity index (χ0v) is 17.9. The molecule has 0 atom stereocenters. The Kier molecular flexibility index (Phi) is 6.32. The van der Waals surface area contributed by atoms with Crippen LogP contribution in [0.5, 0.6) is 0 Å². The van der Waals surface area contributed by atoms with Gasteiger partial charge >= 0.3 is 0 Å². The van der Waals surface area contributed by atoms with Crippen LogP contribution in [0.2, 0.25) is 0 Å². The quantitative estimate of drug-likeness (QED) is 0.431. The molecular formula is C22H26N6OS. The maximum Gasteiger partial charge on any atom is 0.236 e. The lowest BCUT2D eigenvalue weighted by molar-refractivity contribution is -0.113. The summed E-state index contributed by atoms with van der Waals surface area (Å²) in [7, 11) is 0. The summed E-state index contributed by atoms with van der Waals surface area (Å²) in [6.07, 6.45) is 6.60. The minimum atomic E-state index is -0.0964. The second kappa shape index (κ2) is 9.30. The van der Waals surface area contributed by atoms with E-state index >= 15 is 0 Å². The lowest BCUT2D eigenvalue weighted by Crippen LogP contribution is -2.17. The number of benzene rings is 1. The van der Waals surface area contributed by atoms with Gasteiger partial charge in [-0.1, -0.05) is 48.9 Å². The highest BCUT2D eigenvalue weighted by Gasteiger charge is 2.22. The summed E-state index contributed by atoms with van der Waals surface area (Å²) in [5.41, 5.74) is 1.99. The smallest absolute Gasteiger partial charge is 0.236 e. The molecule has 3 aromatic rings. The molecule has 7 nitrogen and oxygen atoms in total. The summed E-state index contributed by atoms with van der Waals surface area (Å²) >= 11 is 1.37. The van der Waals surface area contributed by atoms with E-state index in [1.54, 1.807) is 6.08 Å². The summed E-state index contributed by atoms with van der Waals surface area (Å²) in [5.74, 6) is 2.13. The first kappa shape index (κ1) is 20.4. The SMILES string of the molecule is C=CCn1c(C)nnc1SCC(=O)Nc1cc(C2CCCC2)nn1-c1ccccc1. The molecular weight excluding hydrogens is 396 g/mol. The fourth-order valence-corrected chi connectivity index (χ4v) is 4.59. The maximum atomic E-state index is 12.7. The third-order valence-electron chi connectivity index (χ3n) is 5.32. The normalized spacial score (nSPS) is 14.2. The van der Waals surface area contributed by atoms with Gasteiger partial charge in [0.15, 0.2) is 5.16 Å². The van der Waals surface area contributed by atoms with Gasteiger partial charge in [0.25, 0.3) is 0 Å². The van der Waals surface area contributed by atoms with Crippen LogP contribution < -0.4 is 5.32 Å². The molecule has 1 aliphatic carbocycles. The van der Waals surface area contributed by atoms with E-state index in [9.17, 15) is 4.79 Å². The van der Waals surface area contributed by atoms with E-state index in [0.29, 0.717) is 23.4 Å². The van der Waals surface area contributed by atoms with Crippen molar-refractivity contribution in [2.24, 2.45) is 0 Å². The van der Waals surface area contributed by atoms with Crippen molar-refractivity contribution in [1.29, 1.82) is 0 Å². The number of allylic oxidation sites excluding steroid dienone is 1. The molecule has 156 valence electrons. The van der Waals surface area contributed by atoms with Crippen molar-refractivity contribution in [2.45, 2.75) is 50.2 Å². The van der Waals surface area contributed by atoms with E-state index in [-0.39, 0.29) is 11.7 Å². The van der Waals surface area contributed by atoms with Gasteiger partial charge < -0.3 is 9.88 Å². The molecule has 2 aromatic heterocycles. The van der Waals surface area contributed by atoms with Crippen LogP contribution in [-0.4, -0.2) is 36.2 Å². The highest BCUT2D eigenvalue weighted by Crippen LogP contribution is 2.35. The number of nitrogens with one attached hydrogen (secondary N) is 1. The number of carbonyl (C=O) groups is 1. The van der Waals surface area contributed by atoms with Gasteiger partial charge in [-0.05, 0) is 31.9 Å². The van der Waals surface area contributed by atoms with Gasteiger partial charge in [-0.2, -0.15) is 5.10 Å². The summed E-state index contributed by atoms with van der Waals surface area (Å²) in [6.45, 7) is 6.28. The van der Waals surface area contributed by atoms with E-state index in [1.807, 2.05) is 52.6 Å². The molecule has 0 aliphatic heterocycles. The number of hydrogen-bond acceptors (Lipinski definition) is 5. The molecule has 1 aliphatic rings. The van der Waals surface area contributed by atoms with E-state index < -0.39 is 0 Å². The van der Waals surface area contributed by atoms with E-state index in [2.05, 4.69) is 22.1 Å². The number of para-hydroxylation sites is 1. The first-order valence-electron chi connectivity index (χ1n) is 10.2. The molecule has 1 N–H and O–H groups in total. The Morgan fingerprint density at radius 1 is 1.27 bits per heavy atom. The lowest BCUT2D eigenvalue weighted by Gasteiger charge is -2.09. The number of nitrogens with zero attached hydrogens (tertiary/aromatic N) is 5. The van der Waals surface area contributed by atoms with Crippen molar-refractivity contribution in [2.75, 3.05) is 11.1 Å². The fourth-order valence-electron chi connectivity index (χ4n) is 3.79. The Bertz CT molecular complexity index is 1020. The lowest BCUT2D eigenvalue weighted by atomic mass is 10.0. The highest BCUT2D eigenvalue weighted by atomic mass is 32.2. The van der Waals surface area contributed by atoms with Gasteiger partial charge in [0.05, 0.1) is 17.1 Å². The molecule has 0 bridgehead atoms. The van der Waals surface area contributed by atoms with Crippen LogP contribution in [0, 0.1) is 6.92 Å². The van der Waals surface area contributed by atoms with Crippen LogP contribution in [0.4, 0.5) is 5.82 Å². The molecule has 2 heterocycles. The first-order chi connectivity index (χ1) is 14.7. The van der Waals surface area contributed by atoms with Crippen molar-refractivity contribution in [3.05, 3.63) is 60.6 Å². The van der Waals surface area contributed by atoms with Crippen molar-refractivity contribution in [3.63, 3.8) is 0 Å². The Balaban J connectivity index is 1.50. The zero-order valence-electron chi connectivity index (χ0n) is 17.1. The van der Waals surface area contributed by atoms with Crippen LogP contribution in [0.1, 0.15) is 43.1 Å². The number of rotatable bonds is 8. The average Bonchev–Trinajstić information content (AvgIpc) is 3.49. The van der Waals surface area contributed by atoms with E-state index in [1.165, 1.54) is 24.6 Å². The number of carbonyl (C=O) groups excluding carboxylic acids is 1. The minimum Gasteiger partial charge on any atom is -0.310 e. The van der Waals surface area contributed by atoms with Crippen molar-refractivity contribution in [3.8, 4) is 5.69 Å². The summed E-state index contributed by atoms with van der Waals surface area (Å²) < 4.78 is 3.78. The Labute approximate surface area is 180 Å². The predicted molar refractivity (Wildman–Crippen MR) is 119 cm³/mol. The largest absolute Gasteiger partial charge is 0.310 e. The number of hydrogen-bond donors (Lipinski definition) is 1. The molecule has 0 unspecified atom stereocenters. The summed E-state index contributed by atoms with van der Waals surface area (Å²) in [5, 5.41) is 16.9. The van der Waals surface area contributed by atoms with Crippen LogP contribution in [0.15, 0.2) is 54.2 Å². The molecule has 8 heteroatoms. The van der Waals surface area contributed by atoms with Crippen molar-refractivity contribution < 1.29 is 4.79 Å². The molecule has 1 fully saturated rings. The van der Waals surface area contributed by atoms with Crippen molar-refractivity contribution >= 4 is 23.5 Å². The minimum absolute atomic E-state index is 0.0964. The Morgan fingerprint density at radius 2 is 2.03 bits per heavy atom. The van der Waals surface area contributed by atoms with Crippen molar-refractivity contribution in [1.82, 2.24) is 24.5 Å². The summed E-state index contributed by atoms with van der Waals surface area (Å²) in [4.78, 5) is 12.7. The van der Waals surface area contributed by atoms with Gasteiger partial charge in [-0.3, -0.25) is 4.79 Å². The van der Waals surface area contributed by atoms with E-state index in [0.717, 1.165) is 30.0 Å². The number of aryl methyl sites for hydroxylation is 1. The van der Waals surface area contributed by atoms with Crippen LogP contribution in [-0.2, 0) is 11.3 Å². The van der Waals surface area contributed by atoms with Crippen LogP contribution in [0.3, 0.4) is 0 Å². The number of aromatic nitrogens is 5. The van der Waals surface area contributed by atoms with Gasteiger partial charge in [0.2, 0.25) is 5.91 Å². The third-order valence-corrected chi connectivity index (χ3v) is 6.28. The number of anilines is 1. The second-order valence-electron chi connectivity index (χ2n) is 7.45. The molecule has 0 spiro atoms. The molecule has 0 saturated heterocycles. The molecule has 1 aromatic carbocycles. The molecule has 1 saturated carbocycles. The third kappa shape index (κ3) is 4.48. The van der Waals surface area contributed by atoms with E-state index in [4.69, 9.17) is 5.10 Å². The molecule has 1 amide bonds. The summed E-state index contributed by atoms with van der Waals surface area (Å²) in [6, 6.07) is 11.9. The highest BCUT2D eigenvalue weighted by molar-refractivity contribution is 7.99. The maximum absolute atomic E-state index is 12.7. The second-order valence-corrected chi connectivity index (χ2v) is 8.39.